The van der Waals surface area contributed by atoms with Crippen molar-refractivity contribution in [3.63, 3.8) is 0 Å². The van der Waals surface area contributed by atoms with E-state index >= 15 is 0 Å². The maximum absolute atomic E-state index is 11.9. The maximum atomic E-state index is 11.9. The van der Waals surface area contributed by atoms with Crippen LogP contribution in [0.1, 0.15) is 13.3 Å². The molecule has 0 saturated carbocycles. The Balaban J connectivity index is 2.80. The third-order valence-electron chi connectivity index (χ3n) is 1.72. The van der Waals surface area contributed by atoms with Gasteiger partial charge in [-0.3, -0.25) is 9.13 Å². The molecule has 1 aromatic rings. The van der Waals surface area contributed by atoms with Gasteiger partial charge in [0, 0.05) is 18.9 Å². The molecule has 5 heteroatoms. The number of alkyl halides is 2. The molecule has 0 N–H and O–H groups in total. The summed E-state index contributed by atoms with van der Waals surface area (Å²) in [6.07, 6.45) is 1.27. The highest BCUT2D eigenvalue weighted by Gasteiger charge is 2.07. The number of rotatable bonds is 4. The summed E-state index contributed by atoms with van der Waals surface area (Å²) in [5.74, 6) is 0. The maximum Gasteiger partial charge on any atom is 0.328 e. The number of nitrogens with zero attached hydrogens (tertiary/aromatic N) is 2. The van der Waals surface area contributed by atoms with E-state index in [4.69, 9.17) is 0 Å². The van der Waals surface area contributed by atoms with Crippen LogP contribution in [0.5, 0.6) is 0 Å². The first-order valence-electron chi connectivity index (χ1n) is 4.19. The van der Waals surface area contributed by atoms with Gasteiger partial charge in [0.25, 0.3) is 6.43 Å². The molecular weight excluding hydrogens is 178 g/mol. The van der Waals surface area contributed by atoms with Gasteiger partial charge < -0.3 is 0 Å². The van der Waals surface area contributed by atoms with E-state index < -0.39 is 13.0 Å². The quantitative estimate of drug-likeness (QED) is 0.703. The van der Waals surface area contributed by atoms with Crippen molar-refractivity contribution in [2.75, 3.05) is 0 Å². The van der Waals surface area contributed by atoms with Crippen LogP contribution in [0, 0.1) is 0 Å². The topological polar surface area (TPSA) is 26.9 Å². The second-order valence-corrected chi connectivity index (χ2v) is 2.82. The number of halogens is 2. The van der Waals surface area contributed by atoms with Crippen molar-refractivity contribution >= 4 is 0 Å². The van der Waals surface area contributed by atoms with Crippen LogP contribution in [0.15, 0.2) is 17.2 Å². The minimum atomic E-state index is -2.48. The molecule has 0 bridgehead atoms. The van der Waals surface area contributed by atoms with Gasteiger partial charge in [-0.1, -0.05) is 6.92 Å². The number of hydrogen-bond acceptors (Lipinski definition) is 1. The van der Waals surface area contributed by atoms with Crippen LogP contribution in [-0.4, -0.2) is 15.6 Å². The molecule has 0 saturated heterocycles. The van der Waals surface area contributed by atoms with Gasteiger partial charge >= 0.3 is 5.69 Å². The predicted molar refractivity (Wildman–Crippen MR) is 45.0 cm³/mol. The molecule has 13 heavy (non-hydrogen) atoms. The molecule has 0 fully saturated rings. The van der Waals surface area contributed by atoms with Crippen LogP contribution < -0.4 is 5.69 Å². The van der Waals surface area contributed by atoms with Crippen molar-refractivity contribution in [3.8, 4) is 0 Å². The molecule has 1 heterocycles. The average molecular weight is 190 g/mol. The normalized spacial score (nSPS) is 11.1. The van der Waals surface area contributed by atoms with Crippen LogP contribution >= 0.6 is 0 Å². The third-order valence-corrected chi connectivity index (χ3v) is 1.72. The van der Waals surface area contributed by atoms with Gasteiger partial charge in [-0.2, -0.15) is 0 Å². The summed E-state index contributed by atoms with van der Waals surface area (Å²) in [5.41, 5.74) is -0.359. The zero-order valence-electron chi connectivity index (χ0n) is 7.41. The first kappa shape index (κ1) is 9.95. The van der Waals surface area contributed by atoms with Crippen molar-refractivity contribution in [2.45, 2.75) is 32.9 Å². The third kappa shape index (κ3) is 2.40. The highest BCUT2D eigenvalue weighted by molar-refractivity contribution is 4.81. The van der Waals surface area contributed by atoms with E-state index in [-0.39, 0.29) is 5.69 Å². The van der Waals surface area contributed by atoms with Gasteiger partial charge in [-0.15, -0.1) is 0 Å². The Hall–Kier alpha value is -1.13. The SMILES string of the molecule is CCCn1ccn(CC(F)F)c1=O. The summed E-state index contributed by atoms with van der Waals surface area (Å²) in [5, 5.41) is 0. The molecule has 1 aromatic heterocycles. The number of aromatic nitrogens is 2. The Morgan fingerprint density at radius 2 is 2.00 bits per heavy atom. The van der Waals surface area contributed by atoms with E-state index in [0.717, 1.165) is 11.0 Å². The zero-order valence-corrected chi connectivity index (χ0v) is 7.41. The van der Waals surface area contributed by atoms with Crippen molar-refractivity contribution in [2.24, 2.45) is 0 Å². The van der Waals surface area contributed by atoms with Crippen LogP contribution in [0.4, 0.5) is 8.78 Å². The summed E-state index contributed by atoms with van der Waals surface area (Å²) < 4.78 is 26.3. The van der Waals surface area contributed by atoms with Crippen molar-refractivity contribution in [1.29, 1.82) is 0 Å². The molecule has 3 nitrogen and oxygen atoms in total. The van der Waals surface area contributed by atoms with Crippen LogP contribution in [0.2, 0.25) is 0 Å². The lowest BCUT2D eigenvalue weighted by Gasteiger charge is -1.99. The lowest BCUT2D eigenvalue weighted by molar-refractivity contribution is 0.125. The van der Waals surface area contributed by atoms with E-state index in [1.807, 2.05) is 6.92 Å². The number of aryl methyl sites for hydroxylation is 1. The van der Waals surface area contributed by atoms with E-state index in [1.54, 1.807) is 0 Å². The molecule has 0 aliphatic heterocycles. The van der Waals surface area contributed by atoms with Crippen molar-refractivity contribution < 1.29 is 8.78 Å². The van der Waals surface area contributed by atoms with Gasteiger partial charge in [0.15, 0.2) is 0 Å². The van der Waals surface area contributed by atoms with E-state index in [1.165, 1.54) is 17.0 Å². The fraction of sp³-hybridized carbons (Fsp3) is 0.625. The Morgan fingerprint density at radius 3 is 2.54 bits per heavy atom. The van der Waals surface area contributed by atoms with E-state index in [0.29, 0.717) is 6.54 Å². The predicted octanol–water partition coefficient (Wildman–Crippen LogP) is 1.32. The molecule has 0 aromatic carbocycles. The monoisotopic (exact) mass is 190 g/mol. The van der Waals surface area contributed by atoms with Gasteiger partial charge in [0.05, 0.1) is 6.54 Å². The average Bonchev–Trinajstić information content (AvgIpc) is 2.36. The lowest BCUT2D eigenvalue weighted by atomic mass is 10.5. The molecule has 74 valence electrons. The Bertz CT molecular complexity index is 316. The van der Waals surface area contributed by atoms with E-state index in [9.17, 15) is 13.6 Å². The summed E-state index contributed by atoms with van der Waals surface area (Å²) >= 11 is 0. The fourth-order valence-electron chi connectivity index (χ4n) is 1.15. The first-order chi connectivity index (χ1) is 6.15. The molecule has 0 amide bonds. The summed E-state index contributed by atoms with van der Waals surface area (Å²) in [4.78, 5) is 11.3. The van der Waals surface area contributed by atoms with Gasteiger partial charge in [0.1, 0.15) is 0 Å². The minimum Gasteiger partial charge on any atom is -0.299 e. The van der Waals surface area contributed by atoms with Gasteiger partial charge in [-0.05, 0) is 6.42 Å². The Kier molecular flexibility index (Phi) is 3.22. The Labute approximate surface area is 74.6 Å². The summed E-state index contributed by atoms with van der Waals surface area (Å²) in [6, 6.07) is 0. The number of hydrogen-bond donors (Lipinski definition) is 0. The molecule has 0 atom stereocenters. The standard InChI is InChI=1S/C8H12F2N2O/c1-2-3-11-4-5-12(8(11)13)6-7(9)10/h4-5,7H,2-3,6H2,1H3. The van der Waals surface area contributed by atoms with Crippen molar-refractivity contribution in [1.82, 2.24) is 9.13 Å². The van der Waals surface area contributed by atoms with Crippen LogP contribution in [-0.2, 0) is 13.1 Å². The second-order valence-electron chi connectivity index (χ2n) is 2.82. The molecule has 0 radical (unpaired) electrons. The minimum absolute atomic E-state index is 0.359. The van der Waals surface area contributed by atoms with Crippen LogP contribution in [0.3, 0.4) is 0 Å². The van der Waals surface area contributed by atoms with Crippen LogP contribution in [0.25, 0.3) is 0 Å². The largest absolute Gasteiger partial charge is 0.328 e. The fourth-order valence-corrected chi connectivity index (χ4v) is 1.15. The Morgan fingerprint density at radius 1 is 1.38 bits per heavy atom. The first-order valence-corrected chi connectivity index (χ1v) is 4.19. The van der Waals surface area contributed by atoms with Gasteiger partial charge in [0.2, 0.25) is 0 Å². The second kappa shape index (κ2) is 4.20. The number of imidazole rings is 1. The highest BCUT2D eigenvalue weighted by atomic mass is 19.3. The van der Waals surface area contributed by atoms with E-state index in [2.05, 4.69) is 0 Å². The molecular formula is C8H12F2N2O. The molecule has 0 aliphatic carbocycles. The van der Waals surface area contributed by atoms with Gasteiger partial charge in [-0.25, -0.2) is 13.6 Å². The molecule has 1 rings (SSSR count). The lowest BCUT2D eigenvalue weighted by Crippen LogP contribution is -2.26. The molecule has 0 unspecified atom stereocenters. The summed E-state index contributed by atoms with van der Waals surface area (Å²) in [6.45, 7) is 1.99. The molecule has 0 spiro atoms. The summed E-state index contributed by atoms with van der Waals surface area (Å²) in [7, 11) is 0. The zero-order chi connectivity index (χ0) is 9.84. The highest BCUT2D eigenvalue weighted by Crippen LogP contribution is 1.96. The van der Waals surface area contributed by atoms with Crippen molar-refractivity contribution in [3.05, 3.63) is 22.9 Å². The smallest absolute Gasteiger partial charge is 0.299 e. The molecule has 0 aliphatic rings.